The van der Waals surface area contributed by atoms with E-state index in [4.69, 9.17) is 15.2 Å². The molecule has 0 aliphatic rings. The van der Waals surface area contributed by atoms with E-state index in [0.29, 0.717) is 23.9 Å². The van der Waals surface area contributed by atoms with E-state index in [1.54, 1.807) is 0 Å². The summed E-state index contributed by atoms with van der Waals surface area (Å²) in [5.41, 5.74) is 8.34. The molecule has 0 atom stereocenters. The predicted octanol–water partition coefficient (Wildman–Crippen LogP) is 2.99. The first-order valence-electron chi connectivity index (χ1n) is 8.99. The summed E-state index contributed by atoms with van der Waals surface area (Å²) in [5, 5.41) is 6.19. The molecule has 154 valence electrons. The molecule has 0 amide bonds. The molecular weight excluding hydrogens is 386 g/mol. The van der Waals surface area contributed by atoms with Crippen LogP contribution >= 0.6 is 0 Å². The number of nitrogen functional groups attached to an aromatic ring is 1. The lowest BCUT2D eigenvalue weighted by atomic mass is 10.1. The number of benzene rings is 2. The highest BCUT2D eigenvalue weighted by Crippen LogP contribution is 2.27. The Balaban J connectivity index is 1.86. The number of aromatic nitrogens is 2. The molecule has 0 saturated heterocycles. The third-order valence-electron chi connectivity index (χ3n) is 4.22. The Morgan fingerprint density at radius 3 is 2.13 bits per heavy atom. The SMILES string of the molecule is COC(=O)c1cc(Nc2ncnc(NCc3ccccc3)c2N)cc(C(=O)OC)c1. The molecular formula is C21H21N5O4. The van der Waals surface area contributed by atoms with E-state index in [-0.39, 0.29) is 16.8 Å². The summed E-state index contributed by atoms with van der Waals surface area (Å²) in [5.74, 6) is -0.415. The topological polar surface area (TPSA) is 128 Å². The molecule has 0 aliphatic heterocycles. The second kappa shape index (κ2) is 9.37. The second-order valence-corrected chi connectivity index (χ2v) is 6.23. The van der Waals surface area contributed by atoms with Crippen LogP contribution in [0.15, 0.2) is 54.9 Å². The first-order valence-corrected chi connectivity index (χ1v) is 8.99. The molecule has 1 heterocycles. The van der Waals surface area contributed by atoms with E-state index in [1.807, 2.05) is 30.3 Å². The van der Waals surface area contributed by atoms with Gasteiger partial charge in [0.2, 0.25) is 0 Å². The molecule has 1 aromatic heterocycles. The fourth-order valence-corrected chi connectivity index (χ4v) is 2.73. The molecule has 0 fully saturated rings. The van der Waals surface area contributed by atoms with Crippen molar-refractivity contribution in [2.24, 2.45) is 0 Å². The van der Waals surface area contributed by atoms with Crippen molar-refractivity contribution in [3.05, 3.63) is 71.5 Å². The van der Waals surface area contributed by atoms with Gasteiger partial charge in [0.1, 0.15) is 12.0 Å². The van der Waals surface area contributed by atoms with Gasteiger partial charge >= 0.3 is 11.9 Å². The number of nitrogens with one attached hydrogen (secondary N) is 2. The lowest BCUT2D eigenvalue weighted by Crippen LogP contribution is -2.10. The number of methoxy groups -OCH3 is 2. The summed E-state index contributed by atoms with van der Waals surface area (Å²) in [6.45, 7) is 0.534. The molecule has 0 unspecified atom stereocenters. The van der Waals surface area contributed by atoms with Gasteiger partial charge in [0.15, 0.2) is 11.6 Å². The minimum Gasteiger partial charge on any atom is -0.465 e. The Labute approximate surface area is 173 Å². The Morgan fingerprint density at radius 1 is 0.933 bits per heavy atom. The van der Waals surface area contributed by atoms with Gasteiger partial charge in [-0.3, -0.25) is 0 Å². The summed E-state index contributed by atoms with van der Waals surface area (Å²) in [7, 11) is 2.51. The van der Waals surface area contributed by atoms with Gasteiger partial charge in [0.05, 0.1) is 25.3 Å². The summed E-state index contributed by atoms with van der Waals surface area (Å²) in [6.07, 6.45) is 1.36. The highest BCUT2D eigenvalue weighted by Gasteiger charge is 2.15. The minimum absolute atomic E-state index is 0.179. The largest absolute Gasteiger partial charge is 0.465 e. The number of ether oxygens (including phenoxy) is 2. The van der Waals surface area contributed by atoms with Crippen LogP contribution in [0.25, 0.3) is 0 Å². The number of nitrogens with two attached hydrogens (primary N) is 1. The molecule has 9 heteroatoms. The Morgan fingerprint density at radius 2 is 1.53 bits per heavy atom. The quantitative estimate of drug-likeness (QED) is 0.506. The Hall–Kier alpha value is -4.14. The molecule has 0 spiro atoms. The van der Waals surface area contributed by atoms with Crippen molar-refractivity contribution in [1.82, 2.24) is 9.97 Å². The van der Waals surface area contributed by atoms with Gasteiger partial charge in [0.25, 0.3) is 0 Å². The van der Waals surface area contributed by atoms with Gasteiger partial charge in [-0.25, -0.2) is 19.6 Å². The molecule has 3 aromatic rings. The van der Waals surface area contributed by atoms with Crippen molar-refractivity contribution in [1.29, 1.82) is 0 Å². The molecule has 30 heavy (non-hydrogen) atoms. The van der Waals surface area contributed by atoms with Crippen molar-refractivity contribution in [2.45, 2.75) is 6.54 Å². The number of esters is 2. The minimum atomic E-state index is -0.593. The van der Waals surface area contributed by atoms with E-state index < -0.39 is 11.9 Å². The van der Waals surface area contributed by atoms with E-state index in [0.717, 1.165) is 5.56 Å². The first kappa shape index (κ1) is 20.6. The fourth-order valence-electron chi connectivity index (χ4n) is 2.73. The van der Waals surface area contributed by atoms with E-state index in [9.17, 15) is 9.59 Å². The van der Waals surface area contributed by atoms with Crippen LogP contribution in [0.2, 0.25) is 0 Å². The summed E-state index contributed by atoms with van der Waals surface area (Å²) < 4.78 is 9.50. The molecule has 9 nitrogen and oxygen atoms in total. The Bertz CT molecular complexity index is 1020. The number of anilines is 4. The number of carbonyl (C=O) groups is 2. The van der Waals surface area contributed by atoms with Crippen LogP contribution in [-0.2, 0) is 16.0 Å². The van der Waals surface area contributed by atoms with Crippen LogP contribution in [0.5, 0.6) is 0 Å². The summed E-state index contributed by atoms with van der Waals surface area (Å²) >= 11 is 0. The first-order chi connectivity index (χ1) is 14.5. The number of nitrogens with zero attached hydrogens (tertiary/aromatic N) is 2. The Kier molecular flexibility index (Phi) is 6.43. The lowest BCUT2D eigenvalue weighted by molar-refractivity contribution is 0.0599. The number of hydrogen-bond donors (Lipinski definition) is 3. The van der Waals surface area contributed by atoms with E-state index in [1.165, 1.54) is 38.7 Å². The average molecular weight is 407 g/mol. The molecule has 0 radical (unpaired) electrons. The van der Waals surface area contributed by atoms with Crippen LogP contribution in [0.4, 0.5) is 23.0 Å². The van der Waals surface area contributed by atoms with Crippen molar-refractivity contribution in [2.75, 3.05) is 30.6 Å². The highest BCUT2D eigenvalue weighted by molar-refractivity contribution is 5.97. The second-order valence-electron chi connectivity index (χ2n) is 6.23. The van der Waals surface area contributed by atoms with Crippen molar-refractivity contribution >= 4 is 34.9 Å². The summed E-state index contributed by atoms with van der Waals surface area (Å²) in [6, 6.07) is 14.2. The summed E-state index contributed by atoms with van der Waals surface area (Å²) in [4.78, 5) is 32.3. The van der Waals surface area contributed by atoms with Crippen molar-refractivity contribution in [3.8, 4) is 0 Å². The van der Waals surface area contributed by atoms with Crippen LogP contribution in [-0.4, -0.2) is 36.1 Å². The zero-order valence-corrected chi connectivity index (χ0v) is 16.5. The van der Waals surface area contributed by atoms with Gasteiger partial charge in [0, 0.05) is 12.2 Å². The number of carbonyl (C=O) groups excluding carboxylic acids is 2. The third kappa shape index (κ3) is 4.82. The highest BCUT2D eigenvalue weighted by atomic mass is 16.5. The van der Waals surface area contributed by atoms with E-state index >= 15 is 0 Å². The third-order valence-corrected chi connectivity index (χ3v) is 4.22. The van der Waals surface area contributed by atoms with Gasteiger partial charge in [-0.15, -0.1) is 0 Å². The zero-order valence-electron chi connectivity index (χ0n) is 16.5. The number of rotatable bonds is 7. The fraction of sp³-hybridized carbons (Fsp3) is 0.143. The molecule has 0 bridgehead atoms. The van der Waals surface area contributed by atoms with Gasteiger partial charge in [-0.1, -0.05) is 30.3 Å². The van der Waals surface area contributed by atoms with Crippen LogP contribution < -0.4 is 16.4 Å². The predicted molar refractivity (Wildman–Crippen MR) is 113 cm³/mol. The maximum atomic E-state index is 12.0. The van der Waals surface area contributed by atoms with Gasteiger partial charge < -0.3 is 25.8 Å². The molecule has 4 N–H and O–H groups in total. The monoisotopic (exact) mass is 407 g/mol. The van der Waals surface area contributed by atoms with Crippen molar-refractivity contribution < 1.29 is 19.1 Å². The maximum Gasteiger partial charge on any atom is 0.337 e. The molecule has 0 aliphatic carbocycles. The standard InChI is InChI=1S/C21H21N5O4/c1-29-20(27)14-8-15(21(28)30-2)10-16(9-14)26-19-17(22)18(24-12-25-19)23-11-13-6-4-3-5-7-13/h3-10,12H,11,22H2,1-2H3,(H2,23,24,25,26). The maximum absolute atomic E-state index is 12.0. The molecule has 3 rings (SSSR count). The molecule has 0 saturated carbocycles. The van der Waals surface area contributed by atoms with Crippen molar-refractivity contribution in [3.63, 3.8) is 0 Å². The zero-order chi connectivity index (χ0) is 21.5. The van der Waals surface area contributed by atoms with Crippen LogP contribution in [0.1, 0.15) is 26.3 Å². The van der Waals surface area contributed by atoms with Crippen LogP contribution in [0, 0.1) is 0 Å². The van der Waals surface area contributed by atoms with Gasteiger partial charge in [-0.05, 0) is 23.8 Å². The number of hydrogen-bond acceptors (Lipinski definition) is 9. The normalized spacial score (nSPS) is 10.2. The lowest BCUT2D eigenvalue weighted by Gasteiger charge is -2.14. The average Bonchev–Trinajstić information content (AvgIpc) is 2.79. The van der Waals surface area contributed by atoms with Crippen LogP contribution in [0.3, 0.4) is 0 Å². The van der Waals surface area contributed by atoms with E-state index in [2.05, 4.69) is 20.6 Å². The smallest absolute Gasteiger partial charge is 0.337 e. The molecule has 2 aromatic carbocycles. The van der Waals surface area contributed by atoms with Gasteiger partial charge in [-0.2, -0.15) is 0 Å².